The predicted molar refractivity (Wildman–Crippen MR) is 137 cm³/mol. The van der Waals surface area contributed by atoms with Gasteiger partial charge in [-0.2, -0.15) is 0 Å². The van der Waals surface area contributed by atoms with Gasteiger partial charge in [0.05, 0.1) is 35.8 Å². The fourth-order valence-electron chi connectivity index (χ4n) is 3.71. The molecular weight excluding hydrogens is 460 g/mol. The summed E-state index contributed by atoms with van der Waals surface area (Å²) in [5.41, 5.74) is 3.27. The third-order valence-electron chi connectivity index (χ3n) is 5.46. The smallest absolute Gasteiger partial charge is 0.188 e. The van der Waals surface area contributed by atoms with Crippen LogP contribution in [0.25, 0.3) is 0 Å². The summed E-state index contributed by atoms with van der Waals surface area (Å²) in [5, 5.41) is 6.52. The highest BCUT2D eigenvalue weighted by atomic mass is 16.5. The maximum absolute atomic E-state index is 12.9. The Balaban J connectivity index is 1.54. The number of ketones is 2. The molecule has 36 heavy (non-hydrogen) atoms. The van der Waals surface area contributed by atoms with E-state index in [4.69, 9.17) is 18.9 Å². The molecule has 0 aliphatic heterocycles. The average molecular weight is 489 g/mol. The SMILES string of the molecule is COCCOc1ccc(NC2=C3C(=O)C=CC(Nc4ccc(OCCOC)cc4)=C3C(=O)C=C2)cc1. The zero-order chi connectivity index (χ0) is 25.3. The van der Waals surface area contributed by atoms with Crippen LogP contribution in [0.1, 0.15) is 0 Å². The van der Waals surface area contributed by atoms with E-state index in [-0.39, 0.29) is 11.6 Å². The summed E-state index contributed by atoms with van der Waals surface area (Å²) in [5.74, 6) is 0.946. The molecule has 0 bridgehead atoms. The maximum atomic E-state index is 12.9. The molecule has 2 aliphatic carbocycles. The molecule has 0 atom stereocenters. The molecule has 0 heterocycles. The summed E-state index contributed by atoms with van der Waals surface area (Å²) in [6.07, 6.45) is 6.19. The lowest BCUT2D eigenvalue weighted by Gasteiger charge is -2.23. The number of methoxy groups -OCH3 is 2. The number of allylic oxidation sites excluding steroid dienone is 6. The molecule has 2 N–H and O–H groups in total. The Morgan fingerprint density at radius 1 is 0.556 bits per heavy atom. The van der Waals surface area contributed by atoms with E-state index in [2.05, 4.69) is 10.6 Å². The monoisotopic (exact) mass is 488 g/mol. The summed E-state index contributed by atoms with van der Waals surface area (Å²) < 4.78 is 21.2. The predicted octanol–water partition coefficient (Wildman–Crippen LogP) is 4.05. The molecule has 8 nitrogen and oxygen atoms in total. The first-order chi connectivity index (χ1) is 17.6. The van der Waals surface area contributed by atoms with Crippen LogP contribution >= 0.6 is 0 Å². The quantitative estimate of drug-likeness (QED) is 0.432. The molecular formula is C28H28N2O6. The lowest BCUT2D eigenvalue weighted by Crippen LogP contribution is -2.24. The zero-order valence-corrected chi connectivity index (χ0v) is 20.2. The van der Waals surface area contributed by atoms with Gasteiger partial charge in [0.2, 0.25) is 0 Å². The van der Waals surface area contributed by atoms with Crippen molar-refractivity contribution in [3.8, 4) is 11.5 Å². The van der Waals surface area contributed by atoms with Gasteiger partial charge in [-0.15, -0.1) is 0 Å². The van der Waals surface area contributed by atoms with E-state index in [0.29, 0.717) is 60.5 Å². The largest absolute Gasteiger partial charge is 0.491 e. The fraction of sp³-hybridized carbons (Fsp3) is 0.214. The van der Waals surface area contributed by atoms with Crippen LogP contribution in [-0.2, 0) is 19.1 Å². The van der Waals surface area contributed by atoms with Crippen LogP contribution in [0.2, 0.25) is 0 Å². The first kappa shape index (κ1) is 25.0. The van der Waals surface area contributed by atoms with E-state index in [0.717, 1.165) is 11.4 Å². The highest BCUT2D eigenvalue weighted by Crippen LogP contribution is 2.32. The van der Waals surface area contributed by atoms with Gasteiger partial charge in [-0.1, -0.05) is 0 Å². The number of rotatable bonds is 12. The Morgan fingerprint density at radius 3 is 1.31 bits per heavy atom. The van der Waals surface area contributed by atoms with Gasteiger partial charge in [-0.25, -0.2) is 0 Å². The van der Waals surface area contributed by atoms with Crippen molar-refractivity contribution < 1.29 is 28.5 Å². The van der Waals surface area contributed by atoms with Crippen molar-refractivity contribution in [1.82, 2.24) is 0 Å². The van der Waals surface area contributed by atoms with Crippen LogP contribution in [0.4, 0.5) is 11.4 Å². The third-order valence-corrected chi connectivity index (χ3v) is 5.46. The molecule has 2 aliphatic rings. The Morgan fingerprint density at radius 2 is 0.944 bits per heavy atom. The minimum Gasteiger partial charge on any atom is -0.491 e. The van der Waals surface area contributed by atoms with Crippen molar-refractivity contribution in [2.75, 3.05) is 51.3 Å². The van der Waals surface area contributed by atoms with E-state index in [1.807, 2.05) is 48.5 Å². The number of carbonyl (C=O) groups excluding carboxylic acids is 2. The molecule has 0 amide bonds. The Kier molecular flexibility index (Phi) is 8.33. The van der Waals surface area contributed by atoms with Gasteiger partial charge in [0.1, 0.15) is 24.7 Å². The normalized spacial score (nSPS) is 14.7. The van der Waals surface area contributed by atoms with Gasteiger partial charge in [-0.05, 0) is 72.8 Å². The van der Waals surface area contributed by atoms with Gasteiger partial charge in [0, 0.05) is 25.6 Å². The average Bonchev–Trinajstić information content (AvgIpc) is 2.89. The molecule has 8 heteroatoms. The van der Waals surface area contributed by atoms with E-state index in [1.54, 1.807) is 26.4 Å². The number of ether oxygens (including phenoxy) is 4. The summed E-state index contributed by atoms with van der Waals surface area (Å²) in [7, 11) is 3.24. The van der Waals surface area contributed by atoms with Crippen LogP contribution in [0, 0.1) is 0 Å². The molecule has 0 spiro atoms. The van der Waals surface area contributed by atoms with Crippen LogP contribution in [0.3, 0.4) is 0 Å². The Bertz CT molecular complexity index is 1130. The van der Waals surface area contributed by atoms with Crippen LogP contribution in [0.5, 0.6) is 11.5 Å². The maximum Gasteiger partial charge on any atom is 0.188 e. The molecule has 0 saturated carbocycles. The molecule has 0 fully saturated rings. The van der Waals surface area contributed by atoms with Gasteiger partial charge < -0.3 is 29.6 Å². The molecule has 2 aromatic carbocycles. The lowest BCUT2D eigenvalue weighted by molar-refractivity contribution is -0.114. The van der Waals surface area contributed by atoms with Crippen LogP contribution in [-0.4, -0.2) is 52.2 Å². The molecule has 186 valence electrons. The van der Waals surface area contributed by atoms with E-state index in [1.165, 1.54) is 12.2 Å². The fourth-order valence-corrected chi connectivity index (χ4v) is 3.71. The van der Waals surface area contributed by atoms with Crippen molar-refractivity contribution in [2.45, 2.75) is 0 Å². The number of anilines is 2. The first-order valence-corrected chi connectivity index (χ1v) is 11.5. The summed E-state index contributed by atoms with van der Waals surface area (Å²) in [6, 6.07) is 14.7. The number of fused-ring (bicyclic) bond motifs is 1. The second-order valence-corrected chi connectivity index (χ2v) is 7.95. The van der Waals surface area contributed by atoms with Gasteiger partial charge in [0.25, 0.3) is 0 Å². The molecule has 0 aromatic heterocycles. The Labute approximate surface area is 209 Å². The van der Waals surface area contributed by atoms with Crippen molar-refractivity contribution in [3.05, 3.63) is 95.4 Å². The minimum absolute atomic E-state index is 0.239. The van der Waals surface area contributed by atoms with E-state index < -0.39 is 0 Å². The number of hydrogen-bond acceptors (Lipinski definition) is 8. The highest BCUT2D eigenvalue weighted by Gasteiger charge is 2.30. The summed E-state index contributed by atoms with van der Waals surface area (Å²) in [6.45, 7) is 1.92. The third kappa shape index (κ3) is 6.10. The Hall–Kier alpha value is -4.14. The van der Waals surface area contributed by atoms with Crippen molar-refractivity contribution >= 4 is 22.9 Å². The number of benzene rings is 2. The topological polar surface area (TPSA) is 95.1 Å². The minimum atomic E-state index is -0.239. The molecule has 0 saturated heterocycles. The van der Waals surface area contributed by atoms with Crippen molar-refractivity contribution in [2.24, 2.45) is 0 Å². The molecule has 0 radical (unpaired) electrons. The molecule has 2 aromatic rings. The van der Waals surface area contributed by atoms with Crippen LogP contribution < -0.4 is 20.1 Å². The number of nitrogens with one attached hydrogen (secondary N) is 2. The molecule has 0 unspecified atom stereocenters. The highest BCUT2D eigenvalue weighted by molar-refractivity contribution is 6.23. The number of carbonyl (C=O) groups is 2. The second kappa shape index (κ2) is 12.0. The van der Waals surface area contributed by atoms with Gasteiger partial charge in [0.15, 0.2) is 11.6 Å². The van der Waals surface area contributed by atoms with Gasteiger partial charge in [-0.3, -0.25) is 9.59 Å². The molecule has 4 rings (SSSR count). The van der Waals surface area contributed by atoms with Crippen LogP contribution in [0.15, 0.2) is 95.4 Å². The van der Waals surface area contributed by atoms with Crippen molar-refractivity contribution in [1.29, 1.82) is 0 Å². The standard InChI is InChI=1S/C28H28N2O6/c1-33-15-17-35-21-7-3-19(4-8-21)29-23-11-13-26(32)28-24(12-14-25(31)27(23)28)30-20-5-9-22(10-6-20)36-18-16-34-2/h3-14,29-30H,15-18H2,1-2H3. The van der Waals surface area contributed by atoms with E-state index in [9.17, 15) is 9.59 Å². The van der Waals surface area contributed by atoms with Crippen molar-refractivity contribution in [3.63, 3.8) is 0 Å². The summed E-state index contributed by atoms with van der Waals surface area (Å²) >= 11 is 0. The van der Waals surface area contributed by atoms with E-state index >= 15 is 0 Å². The second-order valence-electron chi connectivity index (χ2n) is 7.95. The first-order valence-electron chi connectivity index (χ1n) is 11.5. The van der Waals surface area contributed by atoms with Gasteiger partial charge >= 0.3 is 0 Å². The zero-order valence-electron chi connectivity index (χ0n) is 20.2. The number of hydrogen-bond donors (Lipinski definition) is 2. The summed E-state index contributed by atoms with van der Waals surface area (Å²) in [4.78, 5) is 25.7. The lowest BCUT2D eigenvalue weighted by atomic mass is 9.86.